The number of sulfonamides is 1. The van der Waals surface area contributed by atoms with Gasteiger partial charge in [0.1, 0.15) is 10.7 Å². The van der Waals surface area contributed by atoms with Crippen LogP contribution in [0.2, 0.25) is 5.02 Å². The normalized spacial score (nSPS) is 11.2. The molecule has 1 aromatic carbocycles. The average molecular weight is 317 g/mol. The molecule has 0 radical (unpaired) electrons. The third kappa shape index (κ3) is 3.14. The van der Waals surface area contributed by atoms with Crippen molar-refractivity contribution in [3.8, 4) is 0 Å². The first-order chi connectivity index (χ1) is 9.42. The molecule has 2 rings (SSSR count). The number of halogens is 2. The third-order valence-electron chi connectivity index (χ3n) is 2.34. The fourth-order valence-electron chi connectivity index (χ4n) is 1.36. The van der Waals surface area contributed by atoms with Crippen molar-refractivity contribution in [3.63, 3.8) is 0 Å². The van der Waals surface area contributed by atoms with Crippen molar-refractivity contribution in [2.24, 2.45) is 0 Å². The number of benzene rings is 1. The first-order valence-electron chi connectivity index (χ1n) is 5.40. The largest absolute Gasteiger partial charge is 0.357 e. The Hall–Kier alpha value is -1.93. The molecule has 6 nitrogen and oxygen atoms in total. The summed E-state index contributed by atoms with van der Waals surface area (Å²) in [4.78, 5) is 7.49. The van der Waals surface area contributed by atoms with Gasteiger partial charge in [-0.3, -0.25) is 4.72 Å². The van der Waals surface area contributed by atoms with E-state index >= 15 is 0 Å². The molecule has 0 aliphatic rings. The predicted octanol–water partition coefficient (Wildman–Crippen LogP) is 2.11. The highest BCUT2D eigenvalue weighted by atomic mass is 35.5. The summed E-state index contributed by atoms with van der Waals surface area (Å²) in [6.45, 7) is 0. The Balaban J connectivity index is 2.30. The molecule has 0 aliphatic heterocycles. The van der Waals surface area contributed by atoms with Gasteiger partial charge in [-0.15, -0.1) is 0 Å². The zero-order valence-electron chi connectivity index (χ0n) is 10.3. The Morgan fingerprint density at radius 2 is 1.90 bits per heavy atom. The fraction of sp³-hybridized carbons (Fsp3) is 0.0909. The molecule has 0 bridgehead atoms. The second kappa shape index (κ2) is 5.59. The van der Waals surface area contributed by atoms with E-state index in [1.807, 2.05) is 0 Å². The maximum absolute atomic E-state index is 12.9. The summed E-state index contributed by atoms with van der Waals surface area (Å²) in [5.41, 5.74) is 0.0748. The zero-order valence-corrected chi connectivity index (χ0v) is 11.8. The molecule has 20 heavy (non-hydrogen) atoms. The minimum Gasteiger partial charge on any atom is -0.357 e. The van der Waals surface area contributed by atoms with Crippen LogP contribution < -0.4 is 10.0 Å². The van der Waals surface area contributed by atoms with Gasteiger partial charge in [-0.2, -0.15) is 0 Å². The molecule has 0 aliphatic carbocycles. The summed E-state index contributed by atoms with van der Waals surface area (Å²) in [5, 5.41) is 2.63. The van der Waals surface area contributed by atoms with Crippen molar-refractivity contribution in [1.29, 1.82) is 0 Å². The number of nitrogens with one attached hydrogen (secondary N) is 2. The van der Waals surface area contributed by atoms with Gasteiger partial charge in [-0.1, -0.05) is 11.6 Å². The van der Waals surface area contributed by atoms with E-state index in [0.717, 1.165) is 24.5 Å². The molecule has 0 saturated heterocycles. The second-order valence-corrected chi connectivity index (χ2v) is 5.81. The summed E-state index contributed by atoms with van der Waals surface area (Å²) in [7, 11) is -2.27. The molecule has 9 heteroatoms. The second-order valence-electron chi connectivity index (χ2n) is 3.72. The lowest BCUT2D eigenvalue weighted by atomic mass is 10.3. The van der Waals surface area contributed by atoms with Gasteiger partial charge in [0.05, 0.1) is 23.1 Å². The minimum absolute atomic E-state index is 0.0404. The van der Waals surface area contributed by atoms with Crippen LogP contribution in [0.4, 0.5) is 16.0 Å². The molecule has 0 saturated carbocycles. The summed E-state index contributed by atoms with van der Waals surface area (Å²) >= 11 is 5.76. The van der Waals surface area contributed by atoms with E-state index in [4.69, 9.17) is 11.6 Å². The van der Waals surface area contributed by atoms with Crippen LogP contribution in [0, 0.1) is 5.82 Å². The van der Waals surface area contributed by atoms with Gasteiger partial charge < -0.3 is 5.32 Å². The lowest BCUT2D eigenvalue weighted by Crippen LogP contribution is -2.14. The lowest BCUT2D eigenvalue weighted by molar-refractivity contribution is 0.600. The molecule has 0 amide bonds. The number of rotatable bonds is 4. The smallest absolute Gasteiger partial charge is 0.265 e. The van der Waals surface area contributed by atoms with Crippen LogP contribution in [0.5, 0.6) is 0 Å². The van der Waals surface area contributed by atoms with E-state index < -0.39 is 15.8 Å². The van der Waals surface area contributed by atoms with Crippen molar-refractivity contribution in [1.82, 2.24) is 9.97 Å². The van der Waals surface area contributed by atoms with E-state index in [0.29, 0.717) is 5.95 Å². The maximum atomic E-state index is 12.9. The van der Waals surface area contributed by atoms with Gasteiger partial charge >= 0.3 is 0 Å². The van der Waals surface area contributed by atoms with Crippen LogP contribution in [-0.2, 0) is 10.0 Å². The van der Waals surface area contributed by atoms with Crippen molar-refractivity contribution in [3.05, 3.63) is 41.4 Å². The Morgan fingerprint density at radius 3 is 2.45 bits per heavy atom. The lowest BCUT2D eigenvalue weighted by Gasteiger charge is -2.09. The van der Waals surface area contributed by atoms with Gasteiger partial charge in [0, 0.05) is 7.05 Å². The molecule has 106 valence electrons. The fourth-order valence-corrected chi connectivity index (χ4v) is 2.60. The molecular weight excluding hydrogens is 307 g/mol. The molecule has 2 N–H and O–H groups in total. The monoisotopic (exact) mass is 316 g/mol. The summed E-state index contributed by atoms with van der Waals surface area (Å²) in [6, 6.07) is 3.35. The molecule has 0 spiro atoms. The Morgan fingerprint density at radius 1 is 1.25 bits per heavy atom. The van der Waals surface area contributed by atoms with Crippen LogP contribution in [0.25, 0.3) is 0 Å². The summed E-state index contributed by atoms with van der Waals surface area (Å²) < 4.78 is 39.3. The molecular formula is C11H10ClFN4O2S. The van der Waals surface area contributed by atoms with E-state index in [-0.39, 0.29) is 15.6 Å². The highest BCUT2D eigenvalue weighted by molar-refractivity contribution is 7.92. The highest BCUT2D eigenvalue weighted by Crippen LogP contribution is 2.25. The van der Waals surface area contributed by atoms with Gasteiger partial charge in [0.2, 0.25) is 5.95 Å². The van der Waals surface area contributed by atoms with Gasteiger partial charge in [0.25, 0.3) is 10.0 Å². The van der Waals surface area contributed by atoms with E-state index in [1.165, 1.54) is 6.07 Å². The van der Waals surface area contributed by atoms with Crippen molar-refractivity contribution >= 4 is 33.3 Å². The summed E-state index contributed by atoms with van der Waals surface area (Å²) in [6.07, 6.45) is 2.30. The number of nitrogens with zero attached hydrogens (tertiary/aromatic N) is 2. The third-order valence-corrected chi connectivity index (χ3v) is 3.97. The van der Waals surface area contributed by atoms with Gasteiger partial charge in [-0.05, 0) is 18.2 Å². The number of hydrogen-bond acceptors (Lipinski definition) is 5. The SMILES string of the molecule is CNc1ncc(S(=O)(=O)Nc2ccc(F)cc2Cl)cn1. The number of anilines is 2. The standard InChI is InChI=1S/C11H10ClFN4O2S/c1-14-11-15-5-8(6-16-11)20(18,19)17-10-3-2-7(13)4-9(10)12/h2-6,17H,1H3,(H,14,15,16). The van der Waals surface area contributed by atoms with Crippen LogP contribution in [0.15, 0.2) is 35.5 Å². The predicted molar refractivity (Wildman–Crippen MR) is 73.8 cm³/mol. The molecule has 1 aromatic heterocycles. The quantitative estimate of drug-likeness (QED) is 0.902. The van der Waals surface area contributed by atoms with E-state index in [1.54, 1.807) is 7.05 Å². The summed E-state index contributed by atoms with van der Waals surface area (Å²) in [5.74, 6) is -0.261. The molecule has 0 fully saturated rings. The topological polar surface area (TPSA) is 84.0 Å². The van der Waals surface area contributed by atoms with Crippen LogP contribution in [0.1, 0.15) is 0 Å². The average Bonchev–Trinajstić information content (AvgIpc) is 2.42. The first-order valence-corrected chi connectivity index (χ1v) is 7.26. The zero-order chi connectivity index (χ0) is 14.8. The van der Waals surface area contributed by atoms with E-state index in [9.17, 15) is 12.8 Å². The number of aromatic nitrogens is 2. The first kappa shape index (κ1) is 14.5. The van der Waals surface area contributed by atoms with Crippen molar-refractivity contribution in [2.75, 3.05) is 17.1 Å². The molecule has 1 heterocycles. The number of hydrogen-bond donors (Lipinski definition) is 2. The Kier molecular flexibility index (Phi) is 4.05. The Bertz CT molecular complexity index is 722. The van der Waals surface area contributed by atoms with Crippen molar-refractivity contribution in [2.45, 2.75) is 4.90 Å². The molecule has 0 atom stereocenters. The van der Waals surface area contributed by atoms with Gasteiger partial charge in [0.15, 0.2) is 0 Å². The van der Waals surface area contributed by atoms with Crippen LogP contribution in [0.3, 0.4) is 0 Å². The van der Waals surface area contributed by atoms with Crippen LogP contribution >= 0.6 is 11.6 Å². The van der Waals surface area contributed by atoms with E-state index in [2.05, 4.69) is 20.0 Å². The van der Waals surface area contributed by atoms with Crippen molar-refractivity contribution < 1.29 is 12.8 Å². The van der Waals surface area contributed by atoms with Gasteiger partial charge in [-0.25, -0.2) is 22.8 Å². The minimum atomic E-state index is -3.88. The van der Waals surface area contributed by atoms with Crippen LogP contribution in [-0.4, -0.2) is 25.4 Å². The highest BCUT2D eigenvalue weighted by Gasteiger charge is 2.17. The maximum Gasteiger partial charge on any atom is 0.265 e. The molecule has 0 unspecified atom stereocenters. The Labute approximate surface area is 120 Å². The molecule has 2 aromatic rings.